The fourth-order valence-electron chi connectivity index (χ4n) is 3.60. The van der Waals surface area contributed by atoms with Crippen LogP contribution in [0.4, 0.5) is 5.69 Å². The van der Waals surface area contributed by atoms with E-state index in [0.29, 0.717) is 11.4 Å². The van der Waals surface area contributed by atoms with Gasteiger partial charge in [-0.05, 0) is 54.4 Å². The van der Waals surface area contributed by atoms with Gasteiger partial charge in [-0.1, -0.05) is 84.0 Å². The molecule has 0 radical (unpaired) electrons. The van der Waals surface area contributed by atoms with E-state index in [2.05, 4.69) is 10.0 Å². The molecule has 0 fully saturated rings. The second kappa shape index (κ2) is 12.3. The van der Waals surface area contributed by atoms with Gasteiger partial charge in [-0.2, -0.15) is 4.72 Å². The molecule has 6 nitrogen and oxygen atoms in total. The lowest BCUT2D eigenvalue weighted by Crippen LogP contribution is -2.45. The van der Waals surface area contributed by atoms with Gasteiger partial charge in [-0.25, -0.2) is 8.42 Å². The van der Waals surface area contributed by atoms with Crippen LogP contribution in [0.5, 0.6) is 5.75 Å². The highest BCUT2D eigenvalue weighted by atomic mass is 35.5. The summed E-state index contributed by atoms with van der Waals surface area (Å²) in [6.45, 7) is 0. The van der Waals surface area contributed by atoms with Crippen molar-refractivity contribution < 1.29 is 17.9 Å². The number of carbonyl (C=O) groups is 1. The van der Waals surface area contributed by atoms with E-state index in [4.69, 9.17) is 16.3 Å². The summed E-state index contributed by atoms with van der Waals surface area (Å²) in [7, 11) is -2.63. The minimum Gasteiger partial charge on any atom is -0.495 e. The van der Waals surface area contributed by atoms with E-state index >= 15 is 0 Å². The van der Waals surface area contributed by atoms with Crippen LogP contribution in [0.3, 0.4) is 0 Å². The van der Waals surface area contributed by atoms with Gasteiger partial charge < -0.3 is 10.1 Å². The van der Waals surface area contributed by atoms with Gasteiger partial charge in [0, 0.05) is 9.79 Å². The number of anilines is 1. The summed E-state index contributed by atoms with van der Waals surface area (Å²) in [6, 6.07) is 29.5. The lowest BCUT2D eigenvalue weighted by atomic mass is 10.1. The van der Waals surface area contributed by atoms with Crippen molar-refractivity contribution in [3.05, 3.63) is 114 Å². The fourth-order valence-corrected chi connectivity index (χ4v) is 6.07. The van der Waals surface area contributed by atoms with Crippen LogP contribution in [0.25, 0.3) is 0 Å². The van der Waals surface area contributed by atoms with Gasteiger partial charge in [0.15, 0.2) is 0 Å². The Kier molecular flexibility index (Phi) is 8.89. The second-order valence-corrected chi connectivity index (χ2v) is 11.3. The molecule has 0 heterocycles. The average molecular weight is 553 g/mol. The molecule has 4 aromatic rings. The number of para-hydroxylation sites is 1. The molecule has 37 heavy (non-hydrogen) atoms. The van der Waals surface area contributed by atoms with Crippen LogP contribution < -0.4 is 14.8 Å². The summed E-state index contributed by atoms with van der Waals surface area (Å²) >= 11 is 7.66. The Bertz CT molecular complexity index is 1470. The first-order valence-corrected chi connectivity index (χ1v) is 14.1. The van der Waals surface area contributed by atoms with Crippen molar-refractivity contribution in [1.29, 1.82) is 0 Å². The summed E-state index contributed by atoms with van der Waals surface area (Å²) in [5.74, 6) is -0.125. The number of hydrogen-bond donors (Lipinski definition) is 2. The van der Waals surface area contributed by atoms with Crippen LogP contribution in [0.2, 0.25) is 5.02 Å². The minimum absolute atomic E-state index is 0.0656. The molecular formula is C28H25ClN2O4S2. The summed E-state index contributed by atoms with van der Waals surface area (Å²) < 4.78 is 34.2. The van der Waals surface area contributed by atoms with Crippen molar-refractivity contribution in [3.63, 3.8) is 0 Å². The molecule has 0 spiro atoms. The summed E-state index contributed by atoms with van der Waals surface area (Å²) in [4.78, 5) is 15.3. The maximum atomic E-state index is 13.5. The first-order valence-electron chi connectivity index (χ1n) is 11.4. The zero-order chi connectivity index (χ0) is 26.3. The van der Waals surface area contributed by atoms with E-state index in [0.717, 1.165) is 15.4 Å². The van der Waals surface area contributed by atoms with Crippen molar-refractivity contribution >= 4 is 45.0 Å². The van der Waals surface area contributed by atoms with Gasteiger partial charge in [0.05, 0.1) is 22.7 Å². The third-order valence-electron chi connectivity index (χ3n) is 5.45. The Morgan fingerprint density at radius 3 is 2.24 bits per heavy atom. The normalized spacial score (nSPS) is 12.1. The molecule has 0 unspecified atom stereocenters. The SMILES string of the molecule is COc1ccc(S(=O)(=O)N[C@@H](Cc2ccccc2)C(=O)Nc2ccccc2Sc2ccccc2)cc1Cl. The molecular weight excluding hydrogens is 528 g/mol. The number of amides is 1. The van der Waals surface area contributed by atoms with Crippen molar-refractivity contribution in [3.8, 4) is 5.75 Å². The Morgan fingerprint density at radius 2 is 1.57 bits per heavy atom. The highest BCUT2D eigenvalue weighted by Gasteiger charge is 2.27. The predicted octanol–water partition coefficient (Wildman–Crippen LogP) is 6.03. The largest absolute Gasteiger partial charge is 0.495 e. The predicted molar refractivity (Wildman–Crippen MR) is 148 cm³/mol. The van der Waals surface area contributed by atoms with E-state index < -0.39 is 22.0 Å². The number of hydrogen-bond acceptors (Lipinski definition) is 5. The maximum Gasteiger partial charge on any atom is 0.242 e. The smallest absolute Gasteiger partial charge is 0.242 e. The standard InChI is InChI=1S/C28H25ClN2O4S2/c1-35-26-17-16-22(19-23(26)29)37(33,34)31-25(18-20-10-4-2-5-11-20)28(32)30-24-14-8-9-15-27(24)36-21-12-6-3-7-13-21/h2-17,19,25,31H,18H2,1H3,(H,30,32)/t25-/m0/s1. The molecule has 0 aliphatic heterocycles. The number of carbonyl (C=O) groups excluding carboxylic acids is 1. The van der Waals surface area contributed by atoms with Gasteiger partial charge in [0.1, 0.15) is 11.8 Å². The van der Waals surface area contributed by atoms with Crippen molar-refractivity contribution in [2.75, 3.05) is 12.4 Å². The van der Waals surface area contributed by atoms with E-state index in [1.54, 1.807) is 6.07 Å². The topological polar surface area (TPSA) is 84.5 Å². The second-order valence-electron chi connectivity index (χ2n) is 8.06. The average Bonchev–Trinajstić information content (AvgIpc) is 2.90. The summed E-state index contributed by atoms with van der Waals surface area (Å²) in [6.07, 6.45) is 0.157. The van der Waals surface area contributed by atoms with Crippen LogP contribution in [-0.4, -0.2) is 27.5 Å². The lowest BCUT2D eigenvalue weighted by molar-refractivity contribution is -0.117. The quantitative estimate of drug-likeness (QED) is 0.251. The van der Waals surface area contributed by atoms with Crippen molar-refractivity contribution in [2.45, 2.75) is 27.1 Å². The zero-order valence-corrected chi connectivity index (χ0v) is 22.3. The minimum atomic E-state index is -4.08. The maximum absolute atomic E-state index is 13.5. The van der Waals surface area contributed by atoms with Gasteiger partial charge in [-0.15, -0.1) is 0 Å². The number of benzene rings is 4. The number of sulfonamides is 1. The van der Waals surface area contributed by atoms with E-state index in [1.165, 1.54) is 37.1 Å². The molecule has 0 aliphatic rings. The zero-order valence-electron chi connectivity index (χ0n) is 19.9. The van der Waals surface area contributed by atoms with Crippen LogP contribution in [-0.2, 0) is 21.2 Å². The molecule has 4 rings (SSSR count). The highest BCUT2D eigenvalue weighted by Crippen LogP contribution is 2.33. The van der Waals surface area contributed by atoms with E-state index in [9.17, 15) is 13.2 Å². The molecule has 4 aromatic carbocycles. The Morgan fingerprint density at radius 1 is 0.919 bits per heavy atom. The molecule has 0 aromatic heterocycles. The molecule has 0 saturated carbocycles. The van der Waals surface area contributed by atoms with Crippen molar-refractivity contribution in [1.82, 2.24) is 4.72 Å². The monoisotopic (exact) mass is 552 g/mol. The third kappa shape index (κ3) is 7.14. The van der Waals surface area contributed by atoms with Crippen molar-refractivity contribution in [2.24, 2.45) is 0 Å². The number of methoxy groups -OCH3 is 1. The lowest BCUT2D eigenvalue weighted by Gasteiger charge is -2.20. The first kappa shape index (κ1) is 26.8. The van der Waals surface area contributed by atoms with Crippen LogP contribution in [0.1, 0.15) is 5.56 Å². The first-order chi connectivity index (χ1) is 17.9. The Labute approximate surface area is 226 Å². The van der Waals surface area contributed by atoms with Gasteiger partial charge in [-0.3, -0.25) is 4.79 Å². The fraction of sp³-hybridized carbons (Fsp3) is 0.107. The molecule has 0 aliphatic carbocycles. The number of nitrogens with one attached hydrogen (secondary N) is 2. The Balaban J connectivity index is 1.60. The molecule has 1 amide bonds. The third-order valence-corrected chi connectivity index (χ3v) is 8.29. The summed E-state index contributed by atoms with van der Waals surface area (Å²) in [5.41, 5.74) is 1.40. The highest BCUT2D eigenvalue weighted by molar-refractivity contribution is 7.99. The van der Waals surface area contributed by atoms with Crippen LogP contribution >= 0.6 is 23.4 Å². The van der Waals surface area contributed by atoms with Gasteiger partial charge in [0.2, 0.25) is 15.9 Å². The molecule has 2 N–H and O–H groups in total. The molecule has 9 heteroatoms. The van der Waals surface area contributed by atoms with Crippen LogP contribution in [0, 0.1) is 0 Å². The van der Waals surface area contributed by atoms with E-state index in [1.807, 2.05) is 78.9 Å². The number of ether oxygens (including phenoxy) is 1. The molecule has 0 saturated heterocycles. The molecule has 0 bridgehead atoms. The summed E-state index contributed by atoms with van der Waals surface area (Å²) in [5, 5.41) is 3.08. The molecule has 1 atom stereocenters. The van der Waals surface area contributed by atoms with Gasteiger partial charge >= 0.3 is 0 Å². The number of halogens is 1. The van der Waals surface area contributed by atoms with Crippen LogP contribution in [0.15, 0.2) is 118 Å². The molecule has 190 valence electrons. The van der Waals surface area contributed by atoms with E-state index in [-0.39, 0.29) is 16.3 Å². The van der Waals surface area contributed by atoms with Gasteiger partial charge in [0.25, 0.3) is 0 Å². The Hall–Kier alpha value is -3.30. The number of rotatable bonds is 10.